The molecule has 3 nitrogen and oxygen atoms in total. The number of benzene rings is 2. The van der Waals surface area contributed by atoms with Gasteiger partial charge in [-0.15, -0.1) is 0 Å². The monoisotopic (exact) mass is 383 g/mol. The second kappa shape index (κ2) is 6.51. The summed E-state index contributed by atoms with van der Waals surface area (Å²) >= 11 is 2.00. The number of nitrogens with one attached hydrogen (secondary N) is 1. The number of hydrogen-bond acceptors (Lipinski definition) is 2. The molecule has 2 rings (SSSR count). The third-order valence-corrected chi connectivity index (χ3v) is 3.18. The van der Waals surface area contributed by atoms with Crippen molar-refractivity contribution >= 4 is 40.3 Å². The number of amides is 1. The van der Waals surface area contributed by atoms with Crippen LogP contribution in [0.4, 0.5) is 10.1 Å². The average molecular weight is 383 g/mol. The van der Waals surface area contributed by atoms with E-state index < -0.39 is 11.7 Å². The molecular weight excluding hydrogens is 372 g/mol. The second-order valence-corrected chi connectivity index (χ2v) is 5.28. The number of halogens is 2. The largest absolute Gasteiger partial charge is 0.508 e. The van der Waals surface area contributed by atoms with Crippen molar-refractivity contribution < 1.29 is 14.3 Å². The number of phenols is 1. The zero-order valence-electron chi connectivity index (χ0n) is 10.3. The highest BCUT2D eigenvalue weighted by Gasteiger charge is 2.04. The molecule has 0 aliphatic rings. The molecule has 0 aliphatic heterocycles. The minimum absolute atomic E-state index is 0.144. The lowest BCUT2D eigenvalue weighted by atomic mass is 10.2. The van der Waals surface area contributed by atoms with Gasteiger partial charge in [-0.05, 0) is 64.6 Å². The average Bonchev–Trinajstić information content (AvgIpc) is 2.41. The normalized spacial score (nSPS) is 10.7. The van der Waals surface area contributed by atoms with E-state index in [-0.39, 0.29) is 11.4 Å². The summed E-state index contributed by atoms with van der Waals surface area (Å²) in [4.78, 5) is 11.7. The first-order valence-electron chi connectivity index (χ1n) is 5.78. The molecule has 0 spiro atoms. The van der Waals surface area contributed by atoms with Gasteiger partial charge in [0.15, 0.2) is 0 Å². The number of rotatable bonds is 3. The number of phenolic OH excluding ortho intramolecular Hbond substituents is 1. The first-order chi connectivity index (χ1) is 9.54. The fourth-order valence-corrected chi connectivity index (χ4v) is 1.98. The van der Waals surface area contributed by atoms with Crippen molar-refractivity contribution in [3.63, 3.8) is 0 Å². The first kappa shape index (κ1) is 14.5. The van der Waals surface area contributed by atoms with Crippen molar-refractivity contribution in [1.82, 2.24) is 0 Å². The van der Waals surface area contributed by atoms with Crippen LogP contribution in [-0.2, 0) is 4.79 Å². The zero-order valence-corrected chi connectivity index (χ0v) is 12.5. The Hall–Kier alpha value is -1.89. The Balaban J connectivity index is 2.03. The minimum Gasteiger partial charge on any atom is -0.508 e. The molecule has 0 saturated heterocycles. The van der Waals surface area contributed by atoms with E-state index in [0.29, 0.717) is 0 Å². The molecule has 0 fully saturated rings. The van der Waals surface area contributed by atoms with Crippen LogP contribution in [0.15, 0.2) is 48.5 Å². The molecule has 0 aromatic heterocycles. The lowest BCUT2D eigenvalue weighted by Crippen LogP contribution is -2.09. The Morgan fingerprint density at radius 3 is 2.55 bits per heavy atom. The van der Waals surface area contributed by atoms with Crippen LogP contribution in [0, 0.1) is 9.39 Å². The number of anilines is 1. The van der Waals surface area contributed by atoms with Gasteiger partial charge in [0.25, 0.3) is 0 Å². The quantitative estimate of drug-likeness (QED) is 0.626. The molecule has 102 valence electrons. The van der Waals surface area contributed by atoms with Gasteiger partial charge >= 0.3 is 0 Å². The Morgan fingerprint density at radius 1 is 1.20 bits per heavy atom. The van der Waals surface area contributed by atoms with Crippen LogP contribution in [0.5, 0.6) is 5.75 Å². The van der Waals surface area contributed by atoms with Crippen LogP contribution in [0.3, 0.4) is 0 Å². The summed E-state index contributed by atoms with van der Waals surface area (Å²) < 4.78 is 14.3. The fraction of sp³-hybridized carbons (Fsp3) is 0. The molecule has 0 heterocycles. The number of aromatic hydroxyl groups is 1. The third-order valence-electron chi connectivity index (χ3n) is 2.51. The van der Waals surface area contributed by atoms with Crippen molar-refractivity contribution in [2.45, 2.75) is 0 Å². The van der Waals surface area contributed by atoms with Gasteiger partial charge in [0.1, 0.15) is 11.6 Å². The maximum Gasteiger partial charge on any atom is 0.248 e. The fourth-order valence-electron chi connectivity index (χ4n) is 1.52. The van der Waals surface area contributed by atoms with Gasteiger partial charge in [0.2, 0.25) is 5.91 Å². The van der Waals surface area contributed by atoms with Crippen LogP contribution >= 0.6 is 22.6 Å². The summed E-state index contributed by atoms with van der Waals surface area (Å²) in [7, 11) is 0. The molecule has 0 bridgehead atoms. The highest BCUT2D eigenvalue weighted by atomic mass is 127. The molecule has 0 unspecified atom stereocenters. The van der Waals surface area contributed by atoms with Crippen molar-refractivity contribution in [3.05, 3.63) is 63.5 Å². The lowest BCUT2D eigenvalue weighted by molar-refractivity contribution is -0.111. The molecule has 5 heteroatoms. The predicted molar refractivity (Wildman–Crippen MR) is 84.9 cm³/mol. The molecule has 2 N–H and O–H groups in total. The Bertz CT molecular complexity index is 653. The molecule has 0 atom stereocenters. The van der Waals surface area contributed by atoms with Gasteiger partial charge in [0, 0.05) is 9.65 Å². The van der Waals surface area contributed by atoms with Gasteiger partial charge in [-0.25, -0.2) is 4.39 Å². The molecule has 0 saturated carbocycles. The van der Waals surface area contributed by atoms with Gasteiger partial charge < -0.3 is 10.4 Å². The first-order valence-corrected chi connectivity index (χ1v) is 6.85. The third kappa shape index (κ3) is 4.06. The van der Waals surface area contributed by atoms with Crippen LogP contribution in [0.25, 0.3) is 6.08 Å². The van der Waals surface area contributed by atoms with Crippen LogP contribution in [-0.4, -0.2) is 11.0 Å². The Labute approximate surface area is 129 Å². The molecule has 2 aromatic carbocycles. The number of hydrogen-bond donors (Lipinski definition) is 2. The zero-order chi connectivity index (χ0) is 14.5. The Kier molecular flexibility index (Phi) is 4.73. The van der Waals surface area contributed by atoms with Crippen molar-refractivity contribution in [2.24, 2.45) is 0 Å². The molecular formula is C15H11FINO2. The van der Waals surface area contributed by atoms with E-state index >= 15 is 0 Å². The van der Waals surface area contributed by atoms with E-state index in [0.717, 1.165) is 9.13 Å². The molecule has 20 heavy (non-hydrogen) atoms. The van der Waals surface area contributed by atoms with Crippen LogP contribution < -0.4 is 5.32 Å². The maximum atomic E-state index is 13.5. The van der Waals surface area contributed by atoms with Crippen LogP contribution in [0.2, 0.25) is 0 Å². The van der Waals surface area contributed by atoms with E-state index in [1.54, 1.807) is 24.3 Å². The van der Waals surface area contributed by atoms with Crippen LogP contribution in [0.1, 0.15) is 5.56 Å². The number of carbonyl (C=O) groups excluding carboxylic acids is 1. The minimum atomic E-state index is -0.469. The number of carbonyl (C=O) groups is 1. The van der Waals surface area contributed by atoms with Crippen molar-refractivity contribution in [3.8, 4) is 5.75 Å². The SMILES string of the molecule is O=C(/C=C/c1ccc(O)cc1)Nc1ccc(I)cc1F. The highest BCUT2D eigenvalue weighted by Crippen LogP contribution is 2.17. The lowest BCUT2D eigenvalue weighted by Gasteiger charge is -2.04. The summed E-state index contributed by atoms with van der Waals surface area (Å²) in [6.45, 7) is 0. The van der Waals surface area contributed by atoms with E-state index in [4.69, 9.17) is 5.11 Å². The van der Waals surface area contributed by atoms with E-state index in [2.05, 4.69) is 5.32 Å². The second-order valence-electron chi connectivity index (χ2n) is 4.04. The summed E-state index contributed by atoms with van der Waals surface area (Å²) in [6, 6.07) is 11.0. The topological polar surface area (TPSA) is 49.3 Å². The smallest absolute Gasteiger partial charge is 0.248 e. The molecule has 0 radical (unpaired) electrons. The van der Waals surface area contributed by atoms with E-state index in [1.165, 1.54) is 30.3 Å². The molecule has 1 amide bonds. The van der Waals surface area contributed by atoms with Crippen molar-refractivity contribution in [1.29, 1.82) is 0 Å². The van der Waals surface area contributed by atoms with Gasteiger partial charge in [0.05, 0.1) is 5.69 Å². The highest BCUT2D eigenvalue weighted by molar-refractivity contribution is 14.1. The van der Waals surface area contributed by atoms with Gasteiger partial charge in [-0.2, -0.15) is 0 Å². The molecule has 2 aromatic rings. The van der Waals surface area contributed by atoms with Gasteiger partial charge in [-0.1, -0.05) is 12.1 Å². The summed E-state index contributed by atoms with van der Waals surface area (Å²) in [5, 5.41) is 11.6. The van der Waals surface area contributed by atoms with E-state index in [9.17, 15) is 9.18 Å². The summed E-state index contributed by atoms with van der Waals surface area (Å²) in [5.74, 6) is -0.728. The summed E-state index contributed by atoms with van der Waals surface area (Å²) in [6.07, 6.45) is 2.89. The maximum absolute atomic E-state index is 13.5. The predicted octanol–water partition coefficient (Wildman–Crippen LogP) is 3.79. The van der Waals surface area contributed by atoms with E-state index in [1.807, 2.05) is 22.6 Å². The van der Waals surface area contributed by atoms with Crippen molar-refractivity contribution in [2.75, 3.05) is 5.32 Å². The van der Waals surface area contributed by atoms with Gasteiger partial charge in [-0.3, -0.25) is 4.79 Å². The Morgan fingerprint density at radius 2 is 1.90 bits per heavy atom. The molecule has 0 aliphatic carbocycles. The summed E-state index contributed by atoms with van der Waals surface area (Å²) in [5.41, 5.74) is 0.909. The standard InChI is InChI=1S/C15H11FINO2/c16-13-9-11(17)4-7-14(13)18-15(20)8-3-10-1-5-12(19)6-2-10/h1-9,19H,(H,18,20)/b8-3+.